The van der Waals surface area contributed by atoms with Crippen LogP contribution in [0.4, 0.5) is 0 Å². The number of hydrogen-bond acceptors (Lipinski definition) is 15. The fraction of sp³-hybridized carbons (Fsp3) is 0.463. The molecule has 0 unspecified atom stereocenters. The van der Waals surface area contributed by atoms with Crippen molar-refractivity contribution in [1.29, 1.82) is 0 Å². The standard InChI is InChI=1S/C41H46N4O10S/c1-18-11-21-12-27(47)45-25-15-51-40(49)41(39-24(13-22(14-42)43-41)23-9-7-8-10-26(23)55-39)16-56-38(32(45)31(44(4)5)28(21)33(48)34(18)50-6)30-29(25)37-36(52-17-53-37)19(2)35(30)54-20(3)46/h7-11,22,25,27,31-32,38,43,47-48H,12-17,42H2,1-6H3/t22-,25-,27-,31-,32+,38+,41+/m0/s1. The normalized spacial score (nSPS) is 28.0. The van der Waals surface area contributed by atoms with E-state index in [0.29, 0.717) is 63.0 Å². The van der Waals surface area contributed by atoms with E-state index in [1.54, 1.807) is 0 Å². The number of aliphatic hydroxyl groups is 1. The van der Waals surface area contributed by atoms with Crippen molar-refractivity contribution >= 4 is 34.7 Å². The van der Waals surface area contributed by atoms with Gasteiger partial charge >= 0.3 is 11.9 Å². The van der Waals surface area contributed by atoms with Gasteiger partial charge < -0.3 is 48.9 Å². The molecular formula is C41H46N4O10S. The minimum Gasteiger partial charge on any atom is -0.504 e. The fourth-order valence-electron chi connectivity index (χ4n) is 9.93. The summed E-state index contributed by atoms with van der Waals surface area (Å²) in [6, 6.07) is 7.39. The van der Waals surface area contributed by atoms with Crippen LogP contribution in [0.2, 0.25) is 0 Å². The molecule has 0 aliphatic carbocycles. The molecule has 2 bridgehead atoms. The molecule has 10 rings (SSSR count). The Hall–Kier alpha value is -4.51. The maximum Gasteiger partial charge on any atom is 0.335 e. The van der Waals surface area contributed by atoms with E-state index in [4.69, 9.17) is 33.8 Å². The van der Waals surface area contributed by atoms with Crippen LogP contribution in [0.1, 0.15) is 69.0 Å². The lowest BCUT2D eigenvalue weighted by Crippen LogP contribution is -2.62. The van der Waals surface area contributed by atoms with Gasteiger partial charge in [-0.2, -0.15) is 0 Å². The van der Waals surface area contributed by atoms with Gasteiger partial charge in [-0.25, -0.2) is 4.79 Å². The van der Waals surface area contributed by atoms with E-state index in [1.807, 2.05) is 68.1 Å². The molecule has 296 valence electrons. The van der Waals surface area contributed by atoms with E-state index < -0.39 is 47.1 Å². The van der Waals surface area contributed by atoms with Gasteiger partial charge in [-0.05, 0) is 51.6 Å². The molecule has 1 aromatic heterocycles. The summed E-state index contributed by atoms with van der Waals surface area (Å²) >= 11 is 1.46. The van der Waals surface area contributed by atoms with Gasteiger partial charge in [-0.1, -0.05) is 24.3 Å². The number of nitrogens with one attached hydrogen (secondary N) is 1. The van der Waals surface area contributed by atoms with Gasteiger partial charge in [0.05, 0.1) is 24.4 Å². The number of nitrogens with zero attached hydrogens (tertiary/aromatic N) is 2. The van der Waals surface area contributed by atoms with E-state index in [2.05, 4.69) is 5.32 Å². The Balaban J connectivity index is 1.33. The molecule has 1 spiro atoms. The van der Waals surface area contributed by atoms with Crippen molar-refractivity contribution in [2.24, 2.45) is 5.73 Å². The van der Waals surface area contributed by atoms with Crippen LogP contribution in [0.25, 0.3) is 11.0 Å². The number of rotatable bonds is 4. The molecule has 3 aromatic carbocycles. The third-order valence-corrected chi connectivity index (χ3v) is 13.6. The molecule has 6 aliphatic heterocycles. The number of likely N-dealkylation sites (N-methyl/N-ethyl adjacent to an activating group) is 1. The van der Waals surface area contributed by atoms with Crippen molar-refractivity contribution in [3.63, 3.8) is 0 Å². The molecule has 14 nitrogen and oxygen atoms in total. The zero-order valence-electron chi connectivity index (χ0n) is 32.1. The van der Waals surface area contributed by atoms with Crippen LogP contribution in [0, 0.1) is 13.8 Å². The Morgan fingerprint density at radius 3 is 2.61 bits per heavy atom. The number of phenolic OH excluding ortho intramolecular Hbond substituents is 1. The van der Waals surface area contributed by atoms with E-state index in [0.717, 1.165) is 22.1 Å². The molecule has 6 aliphatic rings. The van der Waals surface area contributed by atoms with Crippen molar-refractivity contribution in [1.82, 2.24) is 15.1 Å². The molecule has 15 heteroatoms. The van der Waals surface area contributed by atoms with Crippen LogP contribution < -0.4 is 30.0 Å². The number of aromatic hydroxyl groups is 1. The third kappa shape index (κ3) is 5.28. The zero-order valence-corrected chi connectivity index (χ0v) is 33.0. The second-order valence-corrected chi connectivity index (χ2v) is 16.7. The Morgan fingerprint density at radius 1 is 1.11 bits per heavy atom. The van der Waals surface area contributed by atoms with Gasteiger partial charge in [0.25, 0.3) is 0 Å². The summed E-state index contributed by atoms with van der Waals surface area (Å²) in [5.41, 5.74) is 10.4. The average Bonchev–Trinajstić information content (AvgIpc) is 3.78. The highest BCUT2D eigenvalue weighted by Gasteiger charge is 2.59. The van der Waals surface area contributed by atoms with Crippen LogP contribution in [-0.2, 0) is 32.7 Å². The molecule has 5 N–H and O–H groups in total. The predicted molar refractivity (Wildman–Crippen MR) is 206 cm³/mol. The fourth-order valence-corrected chi connectivity index (χ4v) is 11.6. The summed E-state index contributed by atoms with van der Waals surface area (Å²) in [7, 11) is 5.39. The summed E-state index contributed by atoms with van der Waals surface area (Å²) in [4.78, 5) is 31.9. The van der Waals surface area contributed by atoms with Crippen molar-refractivity contribution in [3.05, 3.63) is 75.0 Å². The zero-order chi connectivity index (χ0) is 39.4. The Bertz CT molecular complexity index is 2290. The third-order valence-electron chi connectivity index (χ3n) is 12.1. The van der Waals surface area contributed by atoms with E-state index in [-0.39, 0.29) is 43.9 Å². The lowest BCUT2D eigenvalue weighted by atomic mass is 9.80. The Kier molecular flexibility index (Phi) is 8.98. The van der Waals surface area contributed by atoms with Gasteiger partial charge in [-0.3, -0.25) is 15.0 Å². The molecular weight excluding hydrogens is 741 g/mol. The number of methoxy groups -OCH3 is 1. The van der Waals surface area contributed by atoms with Gasteiger partial charge in [0, 0.05) is 70.9 Å². The van der Waals surface area contributed by atoms with Crippen molar-refractivity contribution in [3.8, 4) is 28.7 Å². The summed E-state index contributed by atoms with van der Waals surface area (Å²) in [6.45, 7) is 5.02. The van der Waals surface area contributed by atoms with E-state index in [1.165, 1.54) is 25.8 Å². The molecule has 1 fully saturated rings. The van der Waals surface area contributed by atoms with Crippen LogP contribution in [0.3, 0.4) is 0 Å². The monoisotopic (exact) mass is 786 g/mol. The summed E-state index contributed by atoms with van der Waals surface area (Å²) < 4.78 is 37.2. The minimum atomic E-state index is -1.46. The molecule has 0 saturated carbocycles. The second-order valence-electron chi connectivity index (χ2n) is 15.6. The van der Waals surface area contributed by atoms with Gasteiger partial charge in [-0.15, -0.1) is 11.8 Å². The van der Waals surface area contributed by atoms with Crippen LogP contribution in [0.15, 0.2) is 34.7 Å². The number of aliphatic hydroxyl groups excluding tert-OH is 1. The number of fused-ring (bicyclic) bond motifs is 8. The highest BCUT2D eigenvalue weighted by molar-refractivity contribution is 7.99. The average molecular weight is 787 g/mol. The molecule has 4 aromatic rings. The largest absolute Gasteiger partial charge is 0.504 e. The molecule has 0 amide bonds. The quantitative estimate of drug-likeness (QED) is 0.172. The molecule has 0 radical (unpaired) electrons. The number of para-hydroxylation sites is 1. The SMILES string of the molecule is COc1c(C)cc2c(c1O)[C@H](N(C)C)[C@@H]1[C@@H]3SC[C@]4(N[C@H](CN)Cc5c4oc4ccccc54)C(=O)OC[C@@H](c4c5c(c(C)c(OC(C)=O)c43)OCO5)N1[C@@H](O)C2. The lowest BCUT2D eigenvalue weighted by molar-refractivity contribution is -0.159. The predicted octanol–water partition coefficient (Wildman–Crippen LogP) is 4.02. The highest BCUT2D eigenvalue weighted by atomic mass is 32.2. The molecule has 1 saturated heterocycles. The number of aryl methyl sites for hydroxylation is 1. The van der Waals surface area contributed by atoms with Crippen molar-refractivity contribution in [2.45, 2.75) is 74.8 Å². The number of thioether (sulfide) groups is 1. The summed E-state index contributed by atoms with van der Waals surface area (Å²) in [5.74, 6) is 1.06. The first-order valence-corrected chi connectivity index (χ1v) is 19.9. The maximum absolute atomic E-state index is 15.0. The summed E-state index contributed by atoms with van der Waals surface area (Å²) in [6.07, 6.45) is -0.406. The number of carbonyl (C=O) groups is 2. The van der Waals surface area contributed by atoms with Crippen LogP contribution >= 0.6 is 11.8 Å². The lowest BCUT2D eigenvalue weighted by Gasteiger charge is -2.53. The smallest absolute Gasteiger partial charge is 0.335 e. The number of nitrogens with two attached hydrogens (primary N) is 1. The first-order chi connectivity index (χ1) is 26.9. The number of benzene rings is 3. The molecule has 7 atom stereocenters. The minimum absolute atomic E-state index is 0.00920. The van der Waals surface area contributed by atoms with Gasteiger partial charge in [0.1, 0.15) is 29.9 Å². The first-order valence-electron chi connectivity index (χ1n) is 18.8. The highest BCUT2D eigenvalue weighted by Crippen LogP contribution is 2.63. The molecule has 7 heterocycles. The Labute approximate surface area is 328 Å². The Morgan fingerprint density at radius 2 is 1.88 bits per heavy atom. The number of carbonyl (C=O) groups excluding carboxylic acids is 2. The van der Waals surface area contributed by atoms with Crippen molar-refractivity contribution < 1.29 is 47.9 Å². The van der Waals surface area contributed by atoms with Gasteiger partial charge in [0.15, 0.2) is 28.5 Å². The van der Waals surface area contributed by atoms with E-state index >= 15 is 0 Å². The van der Waals surface area contributed by atoms with Gasteiger partial charge in [0.2, 0.25) is 6.79 Å². The maximum atomic E-state index is 15.0. The number of esters is 2. The number of hydrogen-bond donors (Lipinski definition) is 4. The van der Waals surface area contributed by atoms with Crippen LogP contribution in [0.5, 0.6) is 28.7 Å². The second kappa shape index (κ2) is 13.6. The number of ether oxygens (including phenoxy) is 5. The number of furan rings is 1. The van der Waals surface area contributed by atoms with Crippen molar-refractivity contribution in [2.75, 3.05) is 46.9 Å². The van der Waals surface area contributed by atoms with Crippen LogP contribution in [-0.4, -0.2) is 97.2 Å². The first kappa shape index (κ1) is 37.1. The topological polar surface area (TPSA) is 178 Å². The number of phenols is 1. The molecule has 56 heavy (non-hydrogen) atoms. The summed E-state index contributed by atoms with van der Waals surface area (Å²) in [5, 5.41) is 28.5. The van der Waals surface area contributed by atoms with E-state index in [9.17, 15) is 19.8 Å².